The number of hydrogen-bond acceptors (Lipinski definition) is 8. The molecule has 0 bridgehead atoms. The van der Waals surface area contributed by atoms with Crippen LogP contribution in [0.3, 0.4) is 0 Å². The summed E-state index contributed by atoms with van der Waals surface area (Å²) in [6, 6.07) is 16.6. The molecule has 0 radical (unpaired) electrons. The van der Waals surface area contributed by atoms with E-state index in [2.05, 4.69) is 36.9 Å². The minimum absolute atomic E-state index is 0.207. The molecule has 1 aromatic heterocycles. The summed E-state index contributed by atoms with van der Waals surface area (Å²) in [7, 11) is 1.54. The maximum Gasteiger partial charge on any atom is 0.338 e. The highest BCUT2D eigenvalue weighted by Gasteiger charge is 2.35. The molecule has 1 N–H and O–H groups in total. The third kappa shape index (κ3) is 6.98. The van der Waals surface area contributed by atoms with Gasteiger partial charge in [-0.3, -0.25) is 9.36 Å². The summed E-state index contributed by atoms with van der Waals surface area (Å²) in [4.78, 5) is 43.7. The summed E-state index contributed by atoms with van der Waals surface area (Å²) in [6.45, 7) is 5.52. The SMILES string of the molecule is COc1ccc(Br)cc1[C@@H]1C(C(=O)OC(C)C)=C(C)N=c2s/c(=C\c3ccc(OCc4ccc(C(=O)O)cc4)c(Br)c3)c(=O)n21. The average molecular weight is 756 g/mol. The van der Waals surface area contributed by atoms with Gasteiger partial charge in [0.25, 0.3) is 5.56 Å². The number of halogens is 2. The van der Waals surface area contributed by atoms with Gasteiger partial charge in [-0.25, -0.2) is 14.6 Å². The Morgan fingerprint density at radius 2 is 1.78 bits per heavy atom. The van der Waals surface area contributed by atoms with E-state index < -0.39 is 18.0 Å². The van der Waals surface area contributed by atoms with E-state index in [4.69, 9.17) is 19.3 Å². The molecule has 0 fully saturated rings. The third-order valence-corrected chi connectivity index (χ3v) is 9.02. The number of ether oxygens (including phenoxy) is 3. The number of rotatable bonds is 9. The van der Waals surface area contributed by atoms with E-state index in [1.165, 1.54) is 28.0 Å². The zero-order valence-electron chi connectivity index (χ0n) is 24.7. The quantitative estimate of drug-likeness (QED) is 0.209. The van der Waals surface area contributed by atoms with Gasteiger partial charge in [-0.1, -0.05) is 45.5 Å². The number of fused-ring (bicyclic) bond motifs is 1. The van der Waals surface area contributed by atoms with Crippen LogP contribution in [0.4, 0.5) is 0 Å². The molecule has 0 aliphatic carbocycles. The van der Waals surface area contributed by atoms with E-state index in [-0.39, 0.29) is 29.4 Å². The standard InChI is InChI=1S/C33H28Br2N2O7S/c1-17(2)44-32(41)28-18(3)36-33-37(29(28)23-15-22(34)10-12-25(23)42-4)30(38)27(45-33)14-20-7-11-26(24(35)13-20)43-16-19-5-8-21(9-6-19)31(39)40/h5-15,17,29H,16H2,1-4H3,(H,39,40)/b27-14-/t29-/m1/s1. The van der Waals surface area contributed by atoms with Crippen LogP contribution in [0.15, 0.2) is 90.7 Å². The summed E-state index contributed by atoms with van der Waals surface area (Å²) in [5.41, 5.74) is 2.81. The molecule has 0 saturated carbocycles. The number of carboxylic acid groups (broad SMARTS) is 1. The Kier molecular flexibility index (Phi) is 9.76. The molecule has 0 amide bonds. The number of hydrogen-bond donors (Lipinski definition) is 1. The normalized spacial score (nSPS) is 14.6. The topological polar surface area (TPSA) is 116 Å². The van der Waals surface area contributed by atoms with Gasteiger partial charge in [0.05, 0.1) is 39.1 Å². The first-order chi connectivity index (χ1) is 21.5. The van der Waals surface area contributed by atoms with Gasteiger partial charge in [0.15, 0.2) is 4.80 Å². The van der Waals surface area contributed by atoms with Crippen LogP contribution in [0, 0.1) is 0 Å². The summed E-state index contributed by atoms with van der Waals surface area (Å²) in [5.74, 6) is -0.438. The number of carbonyl (C=O) groups is 2. The number of benzene rings is 3. The molecular weight excluding hydrogens is 728 g/mol. The fourth-order valence-electron chi connectivity index (χ4n) is 4.85. The van der Waals surface area contributed by atoms with Crippen molar-refractivity contribution in [1.82, 2.24) is 4.57 Å². The Bertz CT molecular complexity index is 2010. The zero-order valence-corrected chi connectivity index (χ0v) is 28.7. The fraction of sp³-hybridized carbons (Fsp3) is 0.212. The highest BCUT2D eigenvalue weighted by atomic mass is 79.9. The van der Waals surface area contributed by atoms with Crippen LogP contribution < -0.4 is 24.4 Å². The van der Waals surface area contributed by atoms with Crippen LogP contribution in [0.5, 0.6) is 11.5 Å². The molecule has 3 aromatic carbocycles. The van der Waals surface area contributed by atoms with Crippen molar-refractivity contribution >= 4 is 61.2 Å². The van der Waals surface area contributed by atoms with E-state index in [0.717, 1.165) is 15.6 Å². The third-order valence-electron chi connectivity index (χ3n) is 6.92. The fourth-order valence-corrected chi connectivity index (χ4v) is 6.79. The van der Waals surface area contributed by atoms with Gasteiger partial charge in [-0.15, -0.1) is 0 Å². The maximum atomic E-state index is 14.0. The number of carboxylic acids is 1. The van der Waals surface area contributed by atoms with Crippen molar-refractivity contribution in [3.05, 3.63) is 123 Å². The molecular formula is C33H28Br2N2O7S. The van der Waals surface area contributed by atoms with Crippen LogP contribution in [0.2, 0.25) is 0 Å². The number of methoxy groups -OCH3 is 1. The highest BCUT2D eigenvalue weighted by molar-refractivity contribution is 9.10. The minimum atomic E-state index is -0.985. The molecule has 232 valence electrons. The van der Waals surface area contributed by atoms with Crippen molar-refractivity contribution in [2.45, 2.75) is 39.5 Å². The number of allylic oxidation sites excluding steroid dienone is 1. The molecule has 12 heteroatoms. The first kappa shape index (κ1) is 32.4. The Morgan fingerprint density at radius 3 is 2.42 bits per heavy atom. The molecule has 1 aliphatic heterocycles. The van der Waals surface area contributed by atoms with E-state index in [1.807, 2.05) is 24.3 Å². The van der Waals surface area contributed by atoms with Crippen LogP contribution >= 0.6 is 43.2 Å². The number of aromatic nitrogens is 1. The Balaban J connectivity index is 1.52. The number of esters is 1. The van der Waals surface area contributed by atoms with Crippen molar-refractivity contribution in [3.8, 4) is 11.5 Å². The van der Waals surface area contributed by atoms with Gasteiger partial charge >= 0.3 is 11.9 Å². The Morgan fingerprint density at radius 1 is 1.07 bits per heavy atom. The first-order valence-electron chi connectivity index (χ1n) is 13.8. The first-order valence-corrected chi connectivity index (χ1v) is 16.2. The number of thiazole rings is 1. The van der Waals surface area contributed by atoms with Crippen molar-refractivity contribution in [2.24, 2.45) is 4.99 Å². The lowest BCUT2D eigenvalue weighted by Crippen LogP contribution is -2.40. The second-order valence-corrected chi connectivity index (χ2v) is 13.2. The lowest BCUT2D eigenvalue weighted by molar-refractivity contribution is -0.143. The van der Waals surface area contributed by atoms with Crippen LogP contribution in [-0.2, 0) is 16.1 Å². The van der Waals surface area contributed by atoms with Crippen molar-refractivity contribution in [2.75, 3.05) is 7.11 Å². The van der Waals surface area contributed by atoms with Crippen molar-refractivity contribution in [1.29, 1.82) is 0 Å². The van der Waals surface area contributed by atoms with Crippen LogP contribution in [0.1, 0.15) is 53.9 Å². The van der Waals surface area contributed by atoms with Gasteiger partial charge in [0.1, 0.15) is 24.1 Å². The molecule has 4 aromatic rings. The van der Waals surface area contributed by atoms with Crippen LogP contribution in [-0.4, -0.2) is 34.8 Å². The zero-order chi connectivity index (χ0) is 32.4. The molecule has 1 atom stereocenters. The number of aromatic carboxylic acids is 1. The predicted molar refractivity (Wildman–Crippen MR) is 178 cm³/mol. The summed E-state index contributed by atoms with van der Waals surface area (Å²) in [6.07, 6.45) is 1.40. The molecule has 0 unspecified atom stereocenters. The Hall–Kier alpha value is -4.00. The second kappa shape index (κ2) is 13.6. The minimum Gasteiger partial charge on any atom is -0.496 e. The van der Waals surface area contributed by atoms with Crippen molar-refractivity contribution in [3.63, 3.8) is 0 Å². The van der Waals surface area contributed by atoms with Gasteiger partial charge in [0, 0.05) is 10.0 Å². The molecule has 9 nitrogen and oxygen atoms in total. The van der Waals surface area contributed by atoms with Gasteiger partial charge in [-0.2, -0.15) is 0 Å². The monoisotopic (exact) mass is 754 g/mol. The summed E-state index contributed by atoms with van der Waals surface area (Å²) < 4.78 is 20.6. The highest BCUT2D eigenvalue weighted by Crippen LogP contribution is 2.37. The maximum absolute atomic E-state index is 14.0. The molecule has 1 aliphatic rings. The van der Waals surface area contributed by atoms with E-state index >= 15 is 0 Å². The van der Waals surface area contributed by atoms with Gasteiger partial charge in [-0.05, 0) is 96.4 Å². The molecule has 5 rings (SSSR count). The number of nitrogens with zero attached hydrogens (tertiary/aromatic N) is 2. The van der Waals surface area contributed by atoms with E-state index in [1.54, 1.807) is 58.2 Å². The molecule has 0 spiro atoms. The number of carbonyl (C=O) groups excluding carboxylic acids is 1. The van der Waals surface area contributed by atoms with E-state index in [0.29, 0.717) is 36.6 Å². The molecule has 2 heterocycles. The second-order valence-electron chi connectivity index (χ2n) is 10.4. The lowest BCUT2D eigenvalue weighted by atomic mass is 9.95. The summed E-state index contributed by atoms with van der Waals surface area (Å²) >= 11 is 8.30. The van der Waals surface area contributed by atoms with Gasteiger partial charge in [0.2, 0.25) is 0 Å². The van der Waals surface area contributed by atoms with Gasteiger partial charge < -0.3 is 19.3 Å². The van der Waals surface area contributed by atoms with Crippen molar-refractivity contribution < 1.29 is 28.9 Å². The lowest BCUT2D eigenvalue weighted by Gasteiger charge is -2.26. The molecule has 0 saturated heterocycles. The molecule has 45 heavy (non-hydrogen) atoms. The smallest absolute Gasteiger partial charge is 0.338 e. The Labute approximate surface area is 279 Å². The summed E-state index contributed by atoms with van der Waals surface area (Å²) in [5, 5.41) is 9.09. The van der Waals surface area contributed by atoms with Crippen LogP contribution in [0.25, 0.3) is 6.08 Å². The van der Waals surface area contributed by atoms with E-state index in [9.17, 15) is 14.4 Å². The largest absolute Gasteiger partial charge is 0.496 e. The average Bonchev–Trinajstić information content (AvgIpc) is 3.29. The predicted octanol–water partition coefficient (Wildman–Crippen LogP) is 6.00.